The Labute approximate surface area is 191 Å². The third-order valence-electron chi connectivity index (χ3n) is 5.01. The molecule has 0 heterocycles. The zero-order valence-electron chi connectivity index (χ0n) is 20.5. The van der Waals surface area contributed by atoms with Gasteiger partial charge in [0, 0.05) is 6.54 Å². The number of carbonyl (C=O) groups excluding carboxylic acids is 2. The lowest BCUT2D eigenvalue weighted by molar-refractivity contribution is -0.159. The van der Waals surface area contributed by atoms with Crippen molar-refractivity contribution in [3.63, 3.8) is 0 Å². The summed E-state index contributed by atoms with van der Waals surface area (Å²) in [6, 6.07) is 0.913. The lowest BCUT2D eigenvalue weighted by atomic mass is 9.84. The maximum absolute atomic E-state index is 12.1. The highest BCUT2D eigenvalue weighted by Gasteiger charge is 2.41. The van der Waals surface area contributed by atoms with Crippen LogP contribution >= 0.6 is 0 Å². The standard InChI is InChI=1S/C21H43NO6Si3/c1-9-20(24)22-14-12-21(25)26-19-16-17(10-11-18(19)23)13-15-31(8,27-29(2,3)4)28-30(5,6)7/h9,17-19,23H,1,10-16H2,2-8H3,(H,22,24). The minimum Gasteiger partial charge on any atom is -0.460 e. The molecule has 0 radical (unpaired) electrons. The monoisotopic (exact) mass is 489 g/mol. The van der Waals surface area contributed by atoms with Crippen molar-refractivity contribution >= 4 is 37.1 Å². The molecule has 2 N–H and O–H groups in total. The third kappa shape index (κ3) is 12.1. The Balaban J connectivity index is 2.63. The molecule has 3 unspecified atom stereocenters. The first-order valence-corrected chi connectivity index (χ1v) is 20.6. The van der Waals surface area contributed by atoms with Crippen molar-refractivity contribution in [1.82, 2.24) is 5.32 Å². The van der Waals surface area contributed by atoms with Crippen molar-refractivity contribution in [1.29, 1.82) is 0 Å². The lowest BCUT2D eigenvalue weighted by Crippen LogP contribution is -2.52. The van der Waals surface area contributed by atoms with Gasteiger partial charge in [-0.05, 0) is 89.6 Å². The molecule has 31 heavy (non-hydrogen) atoms. The fourth-order valence-electron chi connectivity index (χ4n) is 4.06. The van der Waals surface area contributed by atoms with E-state index in [0.29, 0.717) is 18.8 Å². The summed E-state index contributed by atoms with van der Waals surface area (Å²) in [5.74, 6) is -0.361. The average molecular weight is 490 g/mol. The normalized spacial score (nSPS) is 22.6. The SMILES string of the molecule is C=CC(=O)NCCC(=O)OC1CC(CC[Si](C)(O[Si](C)(C)C)O[Si](C)(C)C)CCC1O. The van der Waals surface area contributed by atoms with E-state index >= 15 is 0 Å². The Morgan fingerprint density at radius 1 is 1.06 bits per heavy atom. The van der Waals surface area contributed by atoms with E-state index in [1.165, 1.54) is 0 Å². The number of aliphatic hydroxyl groups is 1. The van der Waals surface area contributed by atoms with Crippen molar-refractivity contribution in [2.75, 3.05) is 6.54 Å². The molecule has 0 aromatic heterocycles. The molecule has 0 bridgehead atoms. The predicted molar refractivity (Wildman–Crippen MR) is 131 cm³/mol. The molecule has 1 rings (SSSR count). The quantitative estimate of drug-likeness (QED) is 0.245. The fraction of sp³-hybridized carbons (Fsp3) is 0.810. The van der Waals surface area contributed by atoms with E-state index in [2.05, 4.69) is 57.7 Å². The van der Waals surface area contributed by atoms with Crippen LogP contribution in [0.15, 0.2) is 12.7 Å². The van der Waals surface area contributed by atoms with Crippen molar-refractivity contribution in [3.8, 4) is 0 Å². The second-order valence-electron chi connectivity index (χ2n) is 10.6. The summed E-state index contributed by atoms with van der Waals surface area (Å²) in [4.78, 5) is 23.3. The zero-order valence-corrected chi connectivity index (χ0v) is 23.5. The van der Waals surface area contributed by atoms with Gasteiger partial charge in [0.2, 0.25) is 5.91 Å². The van der Waals surface area contributed by atoms with Gasteiger partial charge in [0.05, 0.1) is 12.5 Å². The summed E-state index contributed by atoms with van der Waals surface area (Å²) in [6.45, 7) is 19.0. The molecule has 3 atom stereocenters. The van der Waals surface area contributed by atoms with Gasteiger partial charge < -0.3 is 23.4 Å². The maximum Gasteiger partial charge on any atom is 0.314 e. The molecule has 0 aromatic carbocycles. The van der Waals surface area contributed by atoms with Crippen LogP contribution in [0.4, 0.5) is 0 Å². The molecule has 1 fully saturated rings. The summed E-state index contributed by atoms with van der Waals surface area (Å²) in [5, 5.41) is 12.9. The summed E-state index contributed by atoms with van der Waals surface area (Å²) in [6.07, 6.45) is 3.24. The van der Waals surface area contributed by atoms with E-state index in [1.54, 1.807) is 0 Å². The topological polar surface area (TPSA) is 94.1 Å². The summed E-state index contributed by atoms with van der Waals surface area (Å²) < 4.78 is 18.7. The number of ether oxygens (including phenoxy) is 1. The van der Waals surface area contributed by atoms with E-state index in [-0.39, 0.29) is 18.9 Å². The summed E-state index contributed by atoms with van der Waals surface area (Å²) >= 11 is 0. The van der Waals surface area contributed by atoms with Crippen LogP contribution in [0.5, 0.6) is 0 Å². The molecular formula is C21H43NO6Si3. The Morgan fingerprint density at radius 2 is 1.65 bits per heavy atom. The Bertz CT molecular complexity index is 601. The van der Waals surface area contributed by atoms with Gasteiger partial charge in [-0.1, -0.05) is 6.58 Å². The van der Waals surface area contributed by atoms with Gasteiger partial charge in [-0.3, -0.25) is 9.59 Å². The number of hydrogen-bond acceptors (Lipinski definition) is 6. The molecule has 1 saturated carbocycles. The van der Waals surface area contributed by atoms with Crippen LogP contribution in [-0.4, -0.2) is 60.9 Å². The molecule has 180 valence electrons. The first kappa shape index (κ1) is 28.2. The van der Waals surface area contributed by atoms with Gasteiger partial charge >= 0.3 is 14.5 Å². The van der Waals surface area contributed by atoms with Crippen LogP contribution in [0.3, 0.4) is 0 Å². The Hall–Kier alpha value is -0.789. The Morgan fingerprint density at radius 3 is 2.16 bits per heavy atom. The van der Waals surface area contributed by atoms with Crippen molar-refractivity contribution in [2.45, 2.75) is 96.2 Å². The highest BCUT2D eigenvalue weighted by atomic mass is 28.5. The molecule has 0 aliphatic heterocycles. The first-order valence-electron chi connectivity index (χ1n) is 11.3. The molecule has 1 aliphatic rings. The van der Waals surface area contributed by atoms with E-state index < -0.39 is 43.4 Å². The highest BCUT2D eigenvalue weighted by Crippen LogP contribution is 2.34. The minimum atomic E-state index is -2.30. The van der Waals surface area contributed by atoms with Gasteiger partial charge in [-0.15, -0.1) is 0 Å². The van der Waals surface area contributed by atoms with E-state index in [9.17, 15) is 14.7 Å². The van der Waals surface area contributed by atoms with Crippen LogP contribution in [0.1, 0.15) is 32.1 Å². The number of nitrogens with one attached hydrogen (secondary N) is 1. The molecule has 10 heteroatoms. The molecule has 1 amide bonds. The van der Waals surface area contributed by atoms with Crippen LogP contribution in [-0.2, 0) is 22.6 Å². The van der Waals surface area contributed by atoms with Crippen LogP contribution in [0, 0.1) is 5.92 Å². The van der Waals surface area contributed by atoms with E-state index in [0.717, 1.165) is 25.0 Å². The maximum atomic E-state index is 12.1. The molecular weight excluding hydrogens is 446 g/mol. The van der Waals surface area contributed by atoms with Crippen LogP contribution in [0.2, 0.25) is 51.9 Å². The average Bonchev–Trinajstić information content (AvgIpc) is 2.59. The number of hydrogen-bond donors (Lipinski definition) is 2. The molecule has 1 aliphatic carbocycles. The minimum absolute atomic E-state index is 0.0759. The number of aliphatic hydroxyl groups excluding tert-OH is 1. The predicted octanol–water partition coefficient (Wildman–Crippen LogP) is 3.92. The molecule has 0 spiro atoms. The van der Waals surface area contributed by atoms with E-state index in [4.69, 9.17) is 13.0 Å². The Kier molecular flexibility index (Phi) is 10.8. The van der Waals surface area contributed by atoms with Gasteiger partial charge in [0.25, 0.3) is 0 Å². The first-order chi connectivity index (χ1) is 14.1. The van der Waals surface area contributed by atoms with Crippen molar-refractivity contribution in [3.05, 3.63) is 12.7 Å². The zero-order chi connectivity index (χ0) is 23.9. The second kappa shape index (κ2) is 11.9. The second-order valence-corrected chi connectivity index (χ2v) is 23.5. The third-order valence-corrected chi connectivity index (χ3v) is 14.6. The molecule has 0 aromatic rings. The van der Waals surface area contributed by atoms with Gasteiger partial charge in [-0.25, -0.2) is 0 Å². The van der Waals surface area contributed by atoms with Crippen LogP contribution < -0.4 is 5.32 Å². The summed E-state index contributed by atoms with van der Waals surface area (Å²) in [7, 11) is -5.77. The van der Waals surface area contributed by atoms with E-state index in [1.807, 2.05) is 0 Å². The van der Waals surface area contributed by atoms with Gasteiger partial charge in [-0.2, -0.15) is 0 Å². The smallest absolute Gasteiger partial charge is 0.314 e. The van der Waals surface area contributed by atoms with Crippen LogP contribution in [0.25, 0.3) is 0 Å². The number of rotatable bonds is 12. The molecule has 7 nitrogen and oxygen atoms in total. The highest BCUT2D eigenvalue weighted by molar-refractivity contribution is 6.87. The van der Waals surface area contributed by atoms with Gasteiger partial charge in [0.1, 0.15) is 6.10 Å². The van der Waals surface area contributed by atoms with Crippen molar-refractivity contribution in [2.24, 2.45) is 5.92 Å². The largest absolute Gasteiger partial charge is 0.460 e. The number of amides is 1. The molecule has 0 saturated heterocycles. The lowest BCUT2D eigenvalue weighted by Gasteiger charge is -2.40. The number of esters is 1. The van der Waals surface area contributed by atoms with Gasteiger partial charge in [0.15, 0.2) is 16.6 Å². The summed E-state index contributed by atoms with van der Waals surface area (Å²) in [5.41, 5.74) is 0. The van der Waals surface area contributed by atoms with Crippen molar-refractivity contribution < 1.29 is 27.7 Å². The number of carbonyl (C=O) groups is 2. The fourth-order valence-corrected chi connectivity index (χ4v) is 16.7.